The van der Waals surface area contributed by atoms with Gasteiger partial charge in [0.2, 0.25) is 0 Å². The molecule has 0 spiro atoms. The molecule has 0 saturated carbocycles. The molecule has 2 atom stereocenters. The Kier molecular flexibility index (Phi) is 3.61. The Labute approximate surface area is 145 Å². The minimum Gasteiger partial charge on any atom is -0.493 e. The molecule has 3 heterocycles. The number of carbonyl (C=O) groups is 1. The summed E-state index contributed by atoms with van der Waals surface area (Å²) in [6, 6.07) is 3.72. The van der Waals surface area contributed by atoms with Gasteiger partial charge >= 0.3 is 6.03 Å². The van der Waals surface area contributed by atoms with Crippen molar-refractivity contribution >= 4 is 32.7 Å². The van der Waals surface area contributed by atoms with Gasteiger partial charge in [-0.2, -0.15) is 0 Å². The normalized spacial score (nSPS) is 22.3. The summed E-state index contributed by atoms with van der Waals surface area (Å²) >= 11 is 1.54. The van der Waals surface area contributed by atoms with Crippen LogP contribution in [0.15, 0.2) is 12.1 Å². The summed E-state index contributed by atoms with van der Waals surface area (Å²) in [6.07, 6.45) is 0.870. The number of urea groups is 1. The first-order valence-electron chi connectivity index (χ1n) is 8.17. The van der Waals surface area contributed by atoms with Crippen LogP contribution in [0.2, 0.25) is 0 Å². The van der Waals surface area contributed by atoms with Gasteiger partial charge in [-0.15, -0.1) is 5.92 Å². The third-order valence-electron chi connectivity index (χ3n) is 4.56. The van der Waals surface area contributed by atoms with Gasteiger partial charge in [0.1, 0.15) is 11.8 Å². The molecule has 0 radical (unpaired) electrons. The highest BCUT2D eigenvalue weighted by Gasteiger charge is 2.42. The Bertz CT molecular complexity index is 877. The van der Waals surface area contributed by atoms with Crippen LogP contribution in [0.25, 0.3) is 10.2 Å². The topological polar surface area (TPSA) is 54.5 Å². The van der Waals surface area contributed by atoms with Crippen molar-refractivity contribution in [2.75, 3.05) is 11.5 Å². The number of hydrogen-bond acceptors (Lipinski definition) is 4. The van der Waals surface area contributed by atoms with Gasteiger partial charge in [-0.3, -0.25) is 4.90 Å². The molecule has 0 bridgehead atoms. The van der Waals surface area contributed by atoms with Crippen LogP contribution in [0.4, 0.5) is 9.93 Å². The third kappa shape index (κ3) is 2.23. The number of ether oxygens (including phenoxy) is 1. The number of nitrogens with one attached hydrogen (secondary N) is 1. The number of rotatable bonds is 2. The van der Waals surface area contributed by atoms with Crippen LogP contribution in [0.1, 0.15) is 26.3 Å². The van der Waals surface area contributed by atoms with Crippen LogP contribution in [0.5, 0.6) is 5.75 Å². The average Bonchev–Trinajstić information content (AvgIpc) is 3.22. The quantitative estimate of drug-likeness (QED) is 0.854. The molecule has 1 aromatic heterocycles. The van der Waals surface area contributed by atoms with Crippen LogP contribution in [-0.4, -0.2) is 29.7 Å². The van der Waals surface area contributed by atoms with Gasteiger partial charge in [-0.25, -0.2) is 9.78 Å². The number of carbonyl (C=O) groups excluding carboxylic acids is 1. The summed E-state index contributed by atoms with van der Waals surface area (Å²) in [5.41, 5.74) is 2.10. The SMILES string of the molecule is CC#C[C@H]1C(C(C)C)NC(=O)N1c1nc2c3c(ccc2s1)OCC3. The van der Waals surface area contributed by atoms with Crippen LogP contribution in [0.3, 0.4) is 0 Å². The van der Waals surface area contributed by atoms with Gasteiger partial charge in [-0.1, -0.05) is 31.1 Å². The number of aromatic nitrogens is 1. The summed E-state index contributed by atoms with van der Waals surface area (Å²) in [4.78, 5) is 19.1. The molecule has 1 aromatic carbocycles. The van der Waals surface area contributed by atoms with Crippen molar-refractivity contribution < 1.29 is 9.53 Å². The smallest absolute Gasteiger partial charge is 0.325 e. The van der Waals surface area contributed by atoms with E-state index in [1.54, 1.807) is 11.8 Å². The number of benzene rings is 1. The van der Waals surface area contributed by atoms with Gasteiger partial charge in [0.25, 0.3) is 0 Å². The number of nitrogens with zero attached hydrogens (tertiary/aromatic N) is 2. The fourth-order valence-electron chi connectivity index (χ4n) is 3.38. The molecule has 124 valence electrons. The van der Waals surface area contributed by atoms with Crippen molar-refractivity contribution in [2.24, 2.45) is 5.92 Å². The van der Waals surface area contributed by atoms with Crippen molar-refractivity contribution in [2.45, 2.75) is 39.3 Å². The van der Waals surface area contributed by atoms with E-state index in [2.05, 4.69) is 31.0 Å². The summed E-state index contributed by atoms with van der Waals surface area (Å²) in [5, 5.41) is 3.77. The highest BCUT2D eigenvalue weighted by Crippen LogP contribution is 2.39. The highest BCUT2D eigenvalue weighted by atomic mass is 32.1. The molecule has 4 rings (SSSR count). The lowest BCUT2D eigenvalue weighted by Crippen LogP contribution is -2.38. The van der Waals surface area contributed by atoms with E-state index in [1.165, 1.54) is 11.3 Å². The molecule has 6 heteroatoms. The van der Waals surface area contributed by atoms with Crippen molar-refractivity contribution in [1.82, 2.24) is 10.3 Å². The van der Waals surface area contributed by atoms with E-state index in [0.717, 1.165) is 28.0 Å². The summed E-state index contributed by atoms with van der Waals surface area (Å²) in [5.74, 6) is 7.36. The van der Waals surface area contributed by atoms with Gasteiger partial charge < -0.3 is 10.1 Å². The molecular weight excluding hydrogens is 322 g/mol. The first-order valence-corrected chi connectivity index (χ1v) is 8.99. The predicted octanol–water partition coefficient (Wildman–Crippen LogP) is 3.18. The second-order valence-corrected chi connectivity index (χ2v) is 7.42. The monoisotopic (exact) mass is 341 g/mol. The molecule has 2 amide bonds. The maximum Gasteiger partial charge on any atom is 0.325 e. The van der Waals surface area contributed by atoms with Gasteiger partial charge in [0.05, 0.1) is 22.9 Å². The van der Waals surface area contributed by atoms with Crippen LogP contribution < -0.4 is 15.0 Å². The van der Waals surface area contributed by atoms with Crippen LogP contribution in [-0.2, 0) is 6.42 Å². The Balaban J connectivity index is 1.80. The molecule has 0 aliphatic carbocycles. The average molecular weight is 341 g/mol. The van der Waals surface area contributed by atoms with E-state index in [9.17, 15) is 4.79 Å². The van der Waals surface area contributed by atoms with Gasteiger partial charge in [0, 0.05) is 12.0 Å². The van der Waals surface area contributed by atoms with Crippen LogP contribution >= 0.6 is 11.3 Å². The lowest BCUT2D eigenvalue weighted by molar-refractivity contribution is 0.249. The molecule has 2 aliphatic heterocycles. The van der Waals surface area contributed by atoms with Gasteiger partial charge in [-0.05, 0) is 25.0 Å². The number of amides is 2. The van der Waals surface area contributed by atoms with E-state index in [-0.39, 0.29) is 18.1 Å². The lowest BCUT2D eigenvalue weighted by Gasteiger charge is -2.21. The Morgan fingerprint density at radius 2 is 2.29 bits per heavy atom. The minimum atomic E-state index is -0.188. The molecular formula is C18H19N3O2S. The maximum absolute atomic E-state index is 12.6. The Morgan fingerprint density at radius 1 is 1.46 bits per heavy atom. The molecule has 2 aliphatic rings. The molecule has 1 unspecified atom stereocenters. The number of fused-ring (bicyclic) bond motifs is 3. The molecule has 1 N–H and O–H groups in total. The lowest BCUT2D eigenvalue weighted by atomic mass is 9.98. The van der Waals surface area contributed by atoms with Gasteiger partial charge in [0.15, 0.2) is 5.13 Å². The maximum atomic E-state index is 12.6. The van der Waals surface area contributed by atoms with E-state index in [4.69, 9.17) is 9.72 Å². The van der Waals surface area contributed by atoms with Crippen LogP contribution in [0, 0.1) is 17.8 Å². The second kappa shape index (κ2) is 5.67. The predicted molar refractivity (Wildman–Crippen MR) is 95.7 cm³/mol. The van der Waals surface area contributed by atoms with Crippen molar-refractivity contribution in [3.05, 3.63) is 17.7 Å². The second-order valence-electron chi connectivity index (χ2n) is 6.41. The summed E-state index contributed by atoms with van der Waals surface area (Å²) in [6.45, 7) is 6.70. The number of hydrogen-bond donors (Lipinski definition) is 1. The Morgan fingerprint density at radius 3 is 3.04 bits per heavy atom. The highest BCUT2D eigenvalue weighted by molar-refractivity contribution is 7.22. The minimum absolute atomic E-state index is 0.00557. The zero-order valence-electron chi connectivity index (χ0n) is 13.9. The zero-order chi connectivity index (χ0) is 16.8. The van der Waals surface area contributed by atoms with Crippen molar-refractivity contribution in [3.8, 4) is 17.6 Å². The Hall–Kier alpha value is -2.26. The molecule has 5 nitrogen and oxygen atoms in total. The standard InChI is InChI=1S/C18H19N3O2S/c1-4-5-12-15(10(2)3)19-17(22)21(12)18-20-16-11-8-9-23-13(11)6-7-14(16)24-18/h6-7,10,12,15H,8-9H2,1-3H3,(H,19,22)/t12-,15?/m0/s1. The number of anilines is 1. The first-order chi connectivity index (χ1) is 11.6. The molecule has 24 heavy (non-hydrogen) atoms. The van der Waals surface area contributed by atoms with Crippen molar-refractivity contribution in [1.29, 1.82) is 0 Å². The summed E-state index contributed by atoms with van der Waals surface area (Å²) in [7, 11) is 0. The zero-order valence-corrected chi connectivity index (χ0v) is 14.7. The van der Waals surface area contributed by atoms with E-state index in [0.29, 0.717) is 17.7 Å². The number of thiazole rings is 1. The molecule has 1 saturated heterocycles. The first kappa shape index (κ1) is 15.3. The third-order valence-corrected chi connectivity index (χ3v) is 5.58. The van der Waals surface area contributed by atoms with E-state index < -0.39 is 0 Å². The van der Waals surface area contributed by atoms with E-state index >= 15 is 0 Å². The van der Waals surface area contributed by atoms with E-state index in [1.807, 2.05) is 12.1 Å². The fraction of sp³-hybridized carbons (Fsp3) is 0.444. The molecule has 2 aromatic rings. The summed E-state index contributed by atoms with van der Waals surface area (Å²) < 4.78 is 6.70. The molecule has 1 fully saturated rings. The largest absolute Gasteiger partial charge is 0.493 e. The van der Waals surface area contributed by atoms with Crippen molar-refractivity contribution in [3.63, 3.8) is 0 Å². The fourth-order valence-corrected chi connectivity index (χ4v) is 4.41.